The van der Waals surface area contributed by atoms with E-state index < -0.39 is 0 Å². The Morgan fingerprint density at radius 1 is 1.05 bits per heavy atom. The summed E-state index contributed by atoms with van der Waals surface area (Å²) in [5.41, 5.74) is 0. The summed E-state index contributed by atoms with van der Waals surface area (Å²) in [5.74, 6) is 0. The molecule has 1 fully saturated rings. The van der Waals surface area contributed by atoms with Gasteiger partial charge in [-0.25, -0.2) is 4.98 Å². The minimum absolute atomic E-state index is 0.677. The van der Waals surface area contributed by atoms with E-state index in [9.17, 15) is 0 Å². The molecule has 6 heteroatoms. The zero-order chi connectivity index (χ0) is 13.6. The average molecular weight is 274 g/mol. The van der Waals surface area contributed by atoms with Gasteiger partial charge in [0.25, 0.3) is 0 Å². The van der Waals surface area contributed by atoms with Crippen molar-refractivity contribution >= 4 is 0 Å². The predicted molar refractivity (Wildman–Crippen MR) is 76.1 cm³/mol. The third kappa shape index (κ3) is 3.45. The van der Waals surface area contributed by atoms with Crippen LogP contribution in [0.4, 0.5) is 0 Å². The van der Waals surface area contributed by atoms with Crippen molar-refractivity contribution in [3.8, 4) is 0 Å². The van der Waals surface area contributed by atoms with Gasteiger partial charge in [0.2, 0.25) is 0 Å². The summed E-state index contributed by atoms with van der Waals surface area (Å²) < 4.78 is 3.95. The molecule has 0 bridgehead atoms. The van der Waals surface area contributed by atoms with Crippen LogP contribution in [0, 0.1) is 0 Å². The van der Waals surface area contributed by atoms with Crippen LogP contribution >= 0.6 is 0 Å². The molecule has 0 aromatic carbocycles. The number of aromatic nitrogens is 5. The van der Waals surface area contributed by atoms with Crippen molar-refractivity contribution in [3.05, 3.63) is 31.1 Å². The molecule has 0 aliphatic carbocycles. The molecule has 2 aromatic rings. The lowest BCUT2D eigenvalue weighted by Crippen LogP contribution is -2.41. The normalized spacial score (nSPS) is 20.3. The van der Waals surface area contributed by atoms with E-state index >= 15 is 0 Å². The largest absolute Gasteiger partial charge is 0.298 e. The summed E-state index contributed by atoms with van der Waals surface area (Å²) in [5, 5.41) is 8.47. The van der Waals surface area contributed by atoms with Crippen molar-refractivity contribution in [1.82, 2.24) is 29.4 Å². The van der Waals surface area contributed by atoms with Crippen LogP contribution in [0.25, 0.3) is 0 Å². The van der Waals surface area contributed by atoms with Crippen LogP contribution in [-0.4, -0.2) is 48.6 Å². The number of aryl methyl sites for hydroxylation is 1. The Kier molecular flexibility index (Phi) is 4.42. The van der Waals surface area contributed by atoms with Gasteiger partial charge in [-0.15, -0.1) is 0 Å². The zero-order valence-electron chi connectivity index (χ0n) is 11.8. The topological polar surface area (TPSA) is 51.8 Å². The van der Waals surface area contributed by atoms with E-state index in [0.717, 1.165) is 19.6 Å². The summed E-state index contributed by atoms with van der Waals surface area (Å²) in [6.07, 6.45) is 12.4. The molecule has 1 atom stereocenters. The first-order chi connectivity index (χ1) is 9.92. The highest BCUT2D eigenvalue weighted by atomic mass is 15.3. The standard InChI is InChI=1S/C14H22N6/c1-2-7-18(10-11-20-13-15-12-17-20)14(4-1)5-9-19-8-3-6-16-19/h3,6,8,12-14H,1-2,4-5,7,9-11H2/t14-/m1/s1. The molecular weight excluding hydrogens is 252 g/mol. The number of nitrogens with zero attached hydrogens (tertiary/aromatic N) is 6. The summed E-state index contributed by atoms with van der Waals surface area (Å²) >= 11 is 0. The molecule has 0 saturated carbocycles. The second-order valence-electron chi connectivity index (χ2n) is 5.40. The van der Waals surface area contributed by atoms with Crippen molar-refractivity contribution in [2.24, 2.45) is 0 Å². The Balaban J connectivity index is 1.50. The van der Waals surface area contributed by atoms with Gasteiger partial charge in [0.1, 0.15) is 12.7 Å². The van der Waals surface area contributed by atoms with Crippen LogP contribution in [-0.2, 0) is 13.1 Å². The molecule has 108 valence electrons. The van der Waals surface area contributed by atoms with E-state index in [4.69, 9.17) is 0 Å². The first kappa shape index (κ1) is 13.3. The highest BCUT2D eigenvalue weighted by Crippen LogP contribution is 2.20. The van der Waals surface area contributed by atoms with Crippen LogP contribution in [0.5, 0.6) is 0 Å². The third-order valence-electron chi connectivity index (χ3n) is 4.08. The van der Waals surface area contributed by atoms with Crippen LogP contribution in [0.1, 0.15) is 25.7 Å². The maximum atomic E-state index is 4.29. The minimum atomic E-state index is 0.677. The van der Waals surface area contributed by atoms with E-state index in [1.165, 1.54) is 32.2 Å². The lowest BCUT2D eigenvalue weighted by molar-refractivity contribution is 0.129. The fourth-order valence-electron chi connectivity index (χ4n) is 2.97. The molecule has 3 rings (SSSR count). The van der Waals surface area contributed by atoms with Crippen LogP contribution in [0.15, 0.2) is 31.1 Å². The van der Waals surface area contributed by atoms with Crippen LogP contribution in [0.2, 0.25) is 0 Å². The third-order valence-corrected chi connectivity index (χ3v) is 4.08. The molecule has 20 heavy (non-hydrogen) atoms. The molecule has 6 nitrogen and oxygen atoms in total. The highest BCUT2D eigenvalue weighted by molar-refractivity contribution is 4.80. The zero-order valence-corrected chi connectivity index (χ0v) is 11.8. The second-order valence-corrected chi connectivity index (χ2v) is 5.40. The lowest BCUT2D eigenvalue weighted by atomic mass is 9.99. The van der Waals surface area contributed by atoms with Crippen molar-refractivity contribution in [2.75, 3.05) is 13.1 Å². The first-order valence-corrected chi connectivity index (χ1v) is 7.46. The van der Waals surface area contributed by atoms with Crippen molar-refractivity contribution in [2.45, 2.75) is 44.8 Å². The van der Waals surface area contributed by atoms with Gasteiger partial charge in [0, 0.05) is 31.5 Å². The number of likely N-dealkylation sites (tertiary alicyclic amines) is 1. The Labute approximate surface area is 119 Å². The fourth-order valence-corrected chi connectivity index (χ4v) is 2.97. The van der Waals surface area contributed by atoms with Gasteiger partial charge in [-0.1, -0.05) is 6.42 Å². The number of rotatable bonds is 6. The summed E-state index contributed by atoms with van der Waals surface area (Å²) in [7, 11) is 0. The monoisotopic (exact) mass is 274 g/mol. The Morgan fingerprint density at radius 3 is 2.85 bits per heavy atom. The van der Waals surface area contributed by atoms with Gasteiger partial charge in [-0.3, -0.25) is 14.3 Å². The summed E-state index contributed by atoms with van der Waals surface area (Å²) in [4.78, 5) is 6.60. The SMILES string of the molecule is c1cnn(CC[C@H]2CCCCN2CCn2cncn2)c1. The fraction of sp³-hybridized carbons (Fsp3) is 0.643. The van der Waals surface area contributed by atoms with E-state index in [1.54, 1.807) is 12.7 Å². The highest BCUT2D eigenvalue weighted by Gasteiger charge is 2.21. The van der Waals surface area contributed by atoms with Gasteiger partial charge >= 0.3 is 0 Å². The maximum Gasteiger partial charge on any atom is 0.137 e. The van der Waals surface area contributed by atoms with Gasteiger partial charge < -0.3 is 0 Å². The molecule has 0 radical (unpaired) electrons. The Hall–Kier alpha value is -1.69. The quantitative estimate of drug-likeness (QED) is 0.799. The second kappa shape index (κ2) is 6.65. The molecule has 0 N–H and O–H groups in total. The molecule has 1 aliphatic rings. The lowest BCUT2D eigenvalue weighted by Gasteiger charge is -2.35. The molecule has 1 saturated heterocycles. The Morgan fingerprint density at radius 2 is 2.05 bits per heavy atom. The van der Waals surface area contributed by atoms with Crippen LogP contribution in [0.3, 0.4) is 0 Å². The van der Waals surface area contributed by atoms with Gasteiger partial charge in [0.15, 0.2) is 0 Å². The summed E-state index contributed by atoms with van der Waals surface area (Å²) in [6, 6.07) is 2.67. The average Bonchev–Trinajstić information content (AvgIpc) is 3.17. The van der Waals surface area contributed by atoms with E-state index in [2.05, 4.69) is 20.1 Å². The Bertz CT molecular complexity index is 432. The summed E-state index contributed by atoms with van der Waals surface area (Å²) in [6.45, 7) is 4.21. The predicted octanol–water partition coefficient (Wildman–Crippen LogP) is 1.42. The van der Waals surface area contributed by atoms with Gasteiger partial charge in [-0.2, -0.15) is 10.2 Å². The first-order valence-electron chi connectivity index (χ1n) is 7.46. The van der Waals surface area contributed by atoms with Gasteiger partial charge in [-0.05, 0) is 31.9 Å². The number of hydrogen-bond acceptors (Lipinski definition) is 4. The van der Waals surface area contributed by atoms with E-state index in [-0.39, 0.29) is 0 Å². The van der Waals surface area contributed by atoms with Crippen LogP contribution < -0.4 is 0 Å². The van der Waals surface area contributed by atoms with E-state index in [0.29, 0.717) is 6.04 Å². The number of hydrogen-bond donors (Lipinski definition) is 0. The smallest absolute Gasteiger partial charge is 0.137 e. The number of piperidine rings is 1. The molecule has 0 spiro atoms. The van der Waals surface area contributed by atoms with Gasteiger partial charge in [0.05, 0.1) is 6.54 Å². The molecule has 3 heterocycles. The molecule has 1 aliphatic heterocycles. The van der Waals surface area contributed by atoms with E-state index in [1.807, 2.05) is 27.8 Å². The van der Waals surface area contributed by atoms with Crippen molar-refractivity contribution in [3.63, 3.8) is 0 Å². The molecule has 0 amide bonds. The maximum absolute atomic E-state index is 4.29. The molecule has 0 unspecified atom stereocenters. The molecule has 2 aromatic heterocycles. The van der Waals surface area contributed by atoms with Crippen molar-refractivity contribution in [1.29, 1.82) is 0 Å². The van der Waals surface area contributed by atoms with Crippen molar-refractivity contribution < 1.29 is 0 Å². The molecular formula is C14H22N6. The minimum Gasteiger partial charge on any atom is -0.298 e.